The molecule has 0 amide bonds. The molecule has 0 aliphatic heterocycles. The van der Waals surface area contributed by atoms with Crippen molar-refractivity contribution in [1.82, 2.24) is 0 Å². The van der Waals surface area contributed by atoms with Gasteiger partial charge in [-0.25, -0.2) is 8.78 Å². The van der Waals surface area contributed by atoms with Gasteiger partial charge in [-0.1, -0.05) is 12.1 Å². The van der Waals surface area contributed by atoms with Crippen molar-refractivity contribution in [2.75, 3.05) is 0 Å². The second kappa shape index (κ2) is 2.26. The zero-order chi connectivity index (χ0) is 8.77. The van der Waals surface area contributed by atoms with Crippen LogP contribution in [0.3, 0.4) is 0 Å². The molecular weight excluding hydrogens is 160 g/mol. The number of rotatable bonds is 1. The lowest BCUT2D eigenvalue weighted by atomic mass is 10.1. The van der Waals surface area contributed by atoms with E-state index in [-0.39, 0.29) is 5.82 Å². The highest BCUT2D eigenvalue weighted by Crippen LogP contribution is 2.48. The van der Waals surface area contributed by atoms with E-state index in [1.165, 1.54) is 24.3 Å². The van der Waals surface area contributed by atoms with Gasteiger partial charge in [-0.05, 0) is 17.7 Å². The summed E-state index contributed by atoms with van der Waals surface area (Å²) < 4.78 is 25.9. The number of halogens is 2. The summed E-state index contributed by atoms with van der Waals surface area (Å²) in [5, 5.41) is 0. The Morgan fingerprint density at radius 3 is 2.25 bits per heavy atom. The average Bonchev–Trinajstić information content (AvgIpc) is 2.62. The van der Waals surface area contributed by atoms with Gasteiger partial charge < -0.3 is 5.73 Å². The molecule has 1 aromatic carbocycles. The van der Waals surface area contributed by atoms with Gasteiger partial charge in [0, 0.05) is 12.5 Å². The van der Waals surface area contributed by atoms with E-state index in [0.29, 0.717) is 12.0 Å². The maximum absolute atomic E-state index is 13.5. The fourth-order valence-electron chi connectivity index (χ4n) is 1.32. The quantitative estimate of drug-likeness (QED) is 0.680. The van der Waals surface area contributed by atoms with Crippen LogP contribution in [-0.4, -0.2) is 6.04 Å². The number of hydrogen-bond donors (Lipinski definition) is 1. The lowest BCUT2D eigenvalue weighted by molar-refractivity contribution is 0.306. The summed E-state index contributed by atoms with van der Waals surface area (Å²) in [4.78, 5) is 0. The van der Waals surface area contributed by atoms with E-state index in [0.717, 1.165) is 0 Å². The third kappa shape index (κ3) is 1.01. The highest BCUT2D eigenvalue weighted by Gasteiger charge is 2.54. The van der Waals surface area contributed by atoms with Gasteiger partial charge in [0.1, 0.15) is 5.82 Å². The summed E-state index contributed by atoms with van der Waals surface area (Å²) in [6.07, 6.45) is 0.346. The average molecular weight is 169 g/mol. The Bertz CT molecular complexity index is 296. The van der Waals surface area contributed by atoms with Crippen molar-refractivity contribution < 1.29 is 8.78 Å². The van der Waals surface area contributed by atoms with Gasteiger partial charge in [0.2, 0.25) is 0 Å². The largest absolute Gasteiger partial charge is 0.325 e. The summed E-state index contributed by atoms with van der Waals surface area (Å²) in [6.45, 7) is 0. The molecule has 0 aromatic heterocycles. The van der Waals surface area contributed by atoms with Crippen molar-refractivity contribution in [1.29, 1.82) is 0 Å². The molecule has 1 aromatic rings. The Labute approximate surface area is 69.2 Å². The number of alkyl halides is 1. The van der Waals surface area contributed by atoms with Crippen molar-refractivity contribution in [3.8, 4) is 0 Å². The van der Waals surface area contributed by atoms with Gasteiger partial charge in [-0.3, -0.25) is 0 Å². The fourth-order valence-corrected chi connectivity index (χ4v) is 1.32. The second-order valence-corrected chi connectivity index (χ2v) is 3.18. The Morgan fingerprint density at radius 1 is 1.33 bits per heavy atom. The van der Waals surface area contributed by atoms with Crippen molar-refractivity contribution in [3.05, 3.63) is 35.6 Å². The number of nitrogens with two attached hydrogens (primary N) is 1. The first-order valence-electron chi connectivity index (χ1n) is 3.83. The van der Waals surface area contributed by atoms with E-state index in [2.05, 4.69) is 0 Å². The molecule has 2 atom stereocenters. The zero-order valence-corrected chi connectivity index (χ0v) is 6.43. The van der Waals surface area contributed by atoms with Crippen LogP contribution < -0.4 is 5.73 Å². The Balaban J connectivity index is 2.31. The van der Waals surface area contributed by atoms with Gasteiger partial charge in [-0.2, -0.15) is 0 Å². The molecule has 0 radical (unpaired) electrons. The van der Waals surface area contributed by atoms with Crippen LogP contribution in [0.5, 0.6) is 0 Å². The Hall–Kier alpha value is -0.960. The van der Waals surface area contributed by atoms with Crippen LogP contribution >= 0.6 is 0 Å². The maximum Gasteiger partial charge on any atom is 0.152 e. The maximum atomic E-state index is 13.5. The summed E-state index contributed by atoms with van der Waals surface area (Å²) in [6, 6.07) is 4.98. The molecule has 1 aliphatic carbocycles. The minimum Gasteiger partial charge on any atom is -0.325 e. The van der Waals surface area contributed by atoms with Crippen molar-refractivity contribution in [3.63, 3.8) is 0 Å². The van der Waals surface area contributed by atoms with Crippen molar-refractivity contribution in [2.24, 2.45) is 5.73 Å². The topological polar surface area (TPSA) is 26.0 Å². The van der Waals surface area contributed by atoms with Crippen molar-refractivity contribution in [2.45, 2.75) is 18.1 Å². The molecule has 0 bridgehead atoms. The highest BCUT2D eigenvalue weighted by molar-refractivity contribution is 5.31. The second-order valence-electron chi connectivity index (χ2n) is 3.18. The van der Waals surface area contributed by atoms with Crippen LogP contribution in [0.4, 0.5) is 8.78 Å². The molecule has 2 N–H and O–H groups in total. The van der Waals surface area contributed by atoms with Crippen molar-refractivity contribution >= 4 is 0 Å². The summed E-state index contributed by atoms with van der Waals surface area (Å²) in [5.74, 6) is -0.350. The predicted molar refractivity (Wildman–Crippen MR) is 41.8 cm³/mol. The molecule has 12 heavy (non-hydrogen) atoms. The van der Waals surface area contributed by atoms with Crippen LogP contribution in [0.1, 0.15) is 12.0 Å². The lowest BCUT2D eigenvalue weighted by Gasteiger charge is -2.04. The minimum atomic E-state index is -1.40. The lowest BCUT2D eigenvalue weighted by Crippen LogP contribution is -2.12. The molecular formula is C9H9F2N. The smallest absolute Gasteiger partial charge is 0.152 e. The molecule has 1 aliphatic rings. The molecule has 3 heteroatoms. The van der Waals surface area contributed by atoms with E-state index >= 15 is 0 Å². The molecule has 0 saturated heterocycles. The molecule has 1 saturated carbocycles. The monoisotopic (exact) mass is 169 g/mol. The third-order valence-corrected chi connectivity index (χ3v) is 2.27. The van der Waals surface area contributed by atoms with E-state index in [9.17, 15) is 8.78 Å². The standard InChI is InChI=1S/C9H9F2N/c10-7-3-1-6(2-4-7)9(11)5-8(9)12/h1-4,8H,5,12H2. The summed E-state index contributed by atoms with van der Waals surface area (Å²) >= 11 is 0. The van der Waals surface area contributed by atoms with E-state index in [1.807, 2.05) is 0 Å². The fraction of sp³-hybridized carbons (Fsp3) is 0.333. The molecule has 0 spiro atoms. The first-order chi connectivity index (χ1) is 5.63. The SMILES string of the molecule is NC1CC1(F)c1ccc(F)cc1. The molecule has 1 fully saturated rings. The number of hydrogen-bond acceptors (Lipinski definition) is 1. The normalized spacial score (nSPS) is 33.4. The third-order valence-electron chi connectivity index (χ3n) is 2.27. The zero-order valence-electron chi connectivity index (χ0n) is 6.43. The van der Waals surface area contributed by atoms with Gasteiger partial charge in [-0.15, -0.1) is 0 Å². The molecule has 64 valence electrons. The van der Waals surface area contributed by atoms with Gasteiger partial charge in [0.25, 0.3) is 0 Å². The van der Waals surface area contributed by atoms with Gasteiger partial charge in [0.15, 0.2) is 5.67 Å². The van der Waals surface area contributed by atoms with Gasteiger partial charge >= 0.3 is 0 Å². The molecule has 1 nitrogen and oxygen atoms in total. The Kier molecular flexibility index (Phi) is 1.45. The molecule has 2 rings (SSSR count). The van der Waals surface area contributed by atoms with Crippen LogP contribution in [-0.2, 0) is 5.67 Å². The first-order valence-corrected chi connectivity index (χ1v) is 3.83. The first kappa shape index (κ1) is 7.68. The summed E-state index contributed by atoms with van der Waals surface area (Å²) in [7, 11) is 0. The summed E-state index contributed by atoms with van der Waals surface area (Å²) in [5.41, 5.74) is 4.49. The number of benzene rings is 1. The predicted octanol–water partition coefficient (Wildman–Crippen LogP) is 1.72. The van der Waals surface area contributed by atoms with E-state index in [4.69, 9.17) is 5.73 Å². The molecule has 2 unspecified atom stereocenters. The van der Waals surface area contributed by atoms with Crippen LogP contribution in [0.25, 0.3) is 0 Å². The van der Waals surface area contributed by atoms with E-state index < -0.39 is 11.7 Å². The van der Waals surface area contributed by atoms with Crippen LogP contribution in [0.15, 0.2) is 24.3 Å². The van der Waals surface area contributed by atoms with Crippen LogP contribution in [0, 0.1) is 5.82 Å². The Morgan fingerprint density at radius 2 is 1.83 bits per heavy atom. The van der Waals surface area contributed by atoms with Gasteiger partial charge in [0.05, 0.1) is 0 Å². The molecule has 0 heterocycles. The van der Waals surface area contributed by atoms with Crippen LogP contribution in [0.2, 0.25) is 0 Å². The van der Waals surface area contributed by atoms with E-state index in [1.54, 1.807) is 0 Å². The minimum absolute atomic E-state index is 0.346. The highest BCUT2D eigenvalue weighted by atomic mass is 19.1.